The predicted molar refractivity (Wildman–Crippen MR) is 79.6 cm³/mol. The van der Waals surface area contributed by atoms with E-state index >= 15 is 0 Å². The van der Waals surface area contributed by atoms with Crippen molar-refractivity contribution in [2.75, 3.05) is 11.9 Å². The standard InChI is InChI=1S/C16H18N2O2/c17-9-8-12-4-6-14(7-5-12)18-16(20)11-13-2-1-3-15(19)10-13/h1-7,10,19H,8-9,11,17H2,(H,18,20). The molecular formula is C16H18N2O2. The van der Waals surface area contributed by atoms with Crippen molar-refractivity contribution >= 4 is 11.6 Å². The van der Waals surface area contributed by atoms with E-state index < -0.39 is 0 Å². The molecular weight excluding hydrogens is 252 g/mol. The van der Waals surface area contributed by atoms with Gasteiger partial charge in [-0.25, -0.2) is 0 Å². The number of nitrogens with two attached hydrogens (primary N) is 1. The Balaban J connectivity index is 1.94. The van der Waals surface area contributed by atoms with Crippen molar-refractivity contribution in [3.8, 4) is 5.75 Å². The summed E-state index contributed by atoms with van der Waals surface area (Å²) < 4.78 is 0. The topological polar surface area (TPSA) is 75.3 Å². The molecule has 4 N–H and O–H groups in total. The molecule has 0 aliphatic rings. The zero-order valence-corrected chi connectivity index (χ0v) is 11.2. The van der Waals surface area contributed by atoms with Crippen molar-refractivity contribution in [2.24, 2.45) is 5.73 Å². The molecule has 20 heavy (non-hydrogen) atoms. The SMILES string of the molecule is NCCc1ccc(NC(=O)Cc2cccc(O)c2)cc1. The number of benzene rings is 2. The van der Waals surface area contributed by atoms with E-state index in [0.29, 0.717) is 6.54 Å². The van der Waals surface area contributed by atoms with Crippen LogP contribution in [-0.2, 0) is 17.6 Å². The van der Waals surface area contributed by atoms with E-state index in [0.717, 1.165) is 23.2 Å². The minimum Gasteiger partial charge on any atom is -0.508 e. The van der Waals surface area contributed by atoms with E-state index in [2.05, 4.69) is 5.32 Å². The summed E-state index contributed by atoms with van der Waals surface area (Å²) in [5.74, 6) is 0.0589. The number of amides is 1. The van der Waals surface area contributed by atoms with Gasteiger partial charge in [0, 0.05) is 5.69 Å². The van der Waals surface area contributed by atoms with Crippen LogP contribution in [0.5, 0.6) is 5.75 Å². The van der Waals surface area contributed by atoms with E-state index in [9.17, 15) is 9.90 Å². The van der Waals surface area contributed by atoms with Gasteiger partial charge in [0.15, 0.2) is 0 Å². The van der Waals surface area contributed by atoms with Crippen molar-refractivity contribution in [3.63, 3.8) is 0 Å². The smallest absolute Gasteiger partial charge is 0.228 e. The van der Waals surface area contributed by atoms with Gasteiger partial charge in [-0.15, -0.1) is 0 Å². The van der Waals surface area contributed by atoms with Crippen molar-refractivity contribution in [3.05, 3.63) is 59.7 Å². The Morgan fingerprint density at radius 2 is 1.85 bits per heavy atom. The second-order valence-corrected chi connectivity index (χ2v) is 4.63. The molecule has 0 heterocycles. The molecule has 0 saturated heterocycles. The molecule has 2 rings (SSSR count). The lowest BCUT2D eigenvalue weighted by molar-refractivity contribution is -0.115. The van der Waals surface area contributed by atoms with Gasteiger partial charge in [0.05, 0.1) is 6.42 Å². The van der Waals surface area contributed by atoms with E-state index in [1.807, 2.05) is 30.3 Å². The Morgan fingerprint density at radius 1 is 1.10 bits per heavy atom. The molecule has 2 aromatic carbocycles. The maximum Gasteiger partial charge on any atom is 0.228 e. The number of hydrogen-bond acceptors (Lipinski definition) is 3. The number of phenols is 1. The van der Waals surface area contributed by atoms with Crippen LogP contribution in [0.15, 0.2) is 48.5 Å². The Hall–Kier alpha value is -2.33. The molecule has 0 bridgehead atoms. The Morgan fingerprint density at radius 3 is 2.50 bits per heavy atom. The number of phenolic OH excluding ortho intramolecular Hbond substituents is 1. The number of carbonyl (C=O) groups excluding carboxylic acids is 1. The molecule has 0 radical (unpaired) electrons. The number of rotatable bonds is 5. The van der Waals surface area contributed by atoms with Crippen LogP contribution in [-0.4, -0.2) is 17.6 Å². The molecule has 0 spiro atoms. The third-order valence-corrected chi connectivity index (χ3v) is 2.95. The first-order valence-electron chi connectivity index (χ1n) is 6.54. The van der Waals surface area contributed by atoms with Crippen LogP contribution in [0.4, 0.5) is 5.69 Å². The fourth-order valence-corrected chi connectivity index (χ4v) is 1.98. The number of hydrogen-bond donors (Lipinski definition) is 3. The quantitative estimate of drug-likeness (QED) is 0.778. The third-order valence-electron chi connectivity index (χ3n) is 2.95. The van der Waals surface area contributed by atoms with Gasteiger partial charge in [0.1, 0.15) is 5.75 Å². The van der Waals surface area contributed by atoms with Crippen LogP contribution in [0, 0.1) is 0 Å². The summed E-state index contributed by atoms with van der Waals surface area (Å²) in [6, 6.07) is 14.3. The Kier molecular flexibility index (Phi) is 4.74. The molecule has 4 heteroatoms. The maximum atomic E-state index is 11.9. The average molecular weight is 270 g/mol. The summed E-state index contributed by atoms with van der Waals surface area (Å²) in [4.78, 5) is 11.9. The van der Waals surface area contributed by atoms with E-state index in [-0.39, 0.29) is 18.1 Å². The van der Waals surface area contributed by atoms with E-state index in [1.165, 1.54) is 0 Å². The highest BCUT2D eigenvalue weighted by atomic mass is 16.3. The second-order valence-electron chi connectivity index (χ2n) is 4.63. The van der Waals surface area contributed by atoms with Crippen LogP contribution in [0.1, 0.15) is 11.1 Å². The fourth-order valence-electron chi connectivity index (χ4n) is 1.98. The molecule has 0 aliphatic carbocycles. The first-order chi connectivity index (χ1) is 9.67. The summed E-state index contributed by atoms with van der Waals surface area (Å²) in [6.45, 7) is 0.614. The van der Waals surface area contributed by atoms with Gasteiger partial charge in [0.25, 0.3) is 0 Å². The van der Waals surface area contributed by atoms with Gasteiger partial charge in [-0.1, -0.05) is 24.3 Å². The zero-order valence-electron chi connectivity index (χ0n) is 11.2. The van der Waals surface area contributed by atoms with E-state index in [4.69, 9.17) is 5.73 Å². The lowest BCUT2D eigenvalue weighted by atomic mass is 10.1. The van der Waals surface area contributed by atoms with Crippen LogP contribution in [0.2, 0.25) is 0 Å². The molecule has 0 fully saturated rings. The summed E-state index contributed by atoms with van der Waals surface area (Å²) in [6.07, 6.45) is 1.07. The maximum absolute atomic E-state index is 11.9. The average Bonchev–Trinajstić information content (AvgIpc) is 2.41. The van der Waals surface area contributed by atoms with Gasteiger partial charge >= 0.3 is 0 Å². The molecule has 0 aliphatic heterocycles. The molecule has 1 amide bonds. The van der Waals surface area contributed by atoms with Crippen molar-refractivity contribution < 1.29 is 9.90 Å². The van der Waals surface area contributed by atoms with Gasteiger partial charge in [0.2, 0.25) is 5.91 Å². The molecule has 0 unspecified atom stereocenters. The van der Waals surface area contributed by atoms with Crippen molar-refractivity contribution in [1.82, 2.24) is 0 Å². The number of aromatic hydroxyl groups is 1. The molecule has 0 atom stereocenters. The highest BCUT2D eigenvalue weighted by molar-refractivity contribution is 5.92. The molecule has 104 valence electrons. The lowest BCUT2D eigenvalue weighted by Gasteiger charge is -2.06. The van der Waals surface area contributed by atoms with Gasteiger partial charge in [-0.3, -0.25) is 4.79 Å². The summed E-state index contributed by atoms with van der Waals surface area (Å²) >= 11 is 0. The second kappa shape index (κ2) is 6.73. The highest BCUT2D eigenvalue weighted by Crippen LogP contribution is 2.13. The minimum atomic E-state index is -0.109. The number of anilines is 1. The van der Waals surface area contributed by atoms with Gasteiger partial charge in [-0.05, 0) is 48.4 Å². The molecule has 0 saturated carbocycles. The van der Waals surface area contributed by atoms with Crippen LogP contribution >= 0.6 is 0 Å². The van der Waals surface area contributed by atoms with Gasteiger partial charge in [-0.2, -0.15) is 0 Å². The largest absolute Gasteiger partial charge is 0.508 e. The first kappa shape index (κ1) is 14.1. The third kappa shape index (κ3) is 4.10. The monoisotopic (exact) mass is 270 g/mol. The fraction of sp³-hybridized carbons (Fsp3) is 0.188. The first-order valence-corrected chi connectivity index (χ1v) is 6.54. The molecule has 2 aromatic rings. The predicted octanol–water partition coefficient (Wildman–Crippen LogP) is 2.07. The van der Waals surface area contributed by atoms with Crippen molar-refractivity contribution in [1.29, 1.82) is 0 Å². The summed E-state index contributed by atoms with van der Waals surface area (Å²) in [5.41, 5.74) is 8.18. The van der Waals surface area contributed by atoms with Crippen LogP contribution < -0.4 is 11.1 Å². The Labute approximate surface area is 118 Å². The van der Waals surface area contributed by atoms with Crippen LogP contribution in [0.3, 0.4) is 0 Å². The number of nitrogens with one attached hydrogen (secondary N) is 1. The van der Waals surface area contributed by atoms with Crippen LogP contribution in [0.25, 0.3) is 0 Å². The van der Waals surface area contributed by atoms with E-state index in [1.54, 1.807) is 18.2 Å². The number of carbonyl (C=O) groups is 1. The zero-order chi connectivity index (χ0) is 14.4. The molecule has 4 nitrogen and oxygen atoms in total. The highest BCUT2D eigenvalue weighted by Gasteiger charge is 2.04. The lowest BCUT2D eigenvalue weighted by Crippen LogP contribution is -2.14. The van der Waals surface area contributed by atoms with Gasteiger partial charge < -0.3 is 16.2 Å². The minimum absolute atomic E-state index is 0.109. The Bertz CT molecular complexity index is 579. The normalized spacial score (nSPS) is 10.2. The molecule has 0 aromatic heterocycles. The van der Waals surface area contributed by atoms with Crippen molar-refractivity contribution in [2.45, 2.75) is 12.8 Å². The summed E-state index contributed by atoms with van der Waals surface area (Å²) in [5, 5.41) is 12.2. The summed E-state index contributed by atoms with van der Waals surface area (Å²) in [7, 11) is 0.